The zero-order chi connectivity index (χ0) is 11.9. The molecular formula is C13H22N2O2. The molecule has 0 radical (unpaired) electrons. The average molecular weight is 238 g/mol. The molecule has 1 aromatic heterocycles. The highest BCUT2D eigenvalue weighted by Gasteiger charge is 2.10. The molecule has 0 saturated carbocycles. The zero-order valence-corrected chi connectivity index (χ0v) is 10.5. The Morgan fingerprint density at radius 1 is 1.41 bits per heavy atom. The molecular weight excluding hydrogens is 216 g/mol. The monoisotopic (exact) mass is 238 g/mol. The minimum atomic E-state index is 0.374. The Bertz CT molecular complexity index is 294. The summed E-state index contributed by atoms with van der Waals surface area (Å²) in [5, 5.41) is 3.51. The Hall–Kier alpha value is -0.840. The largest absolute Gasteiger partial charge is 0.472 e. The Labute approximate surface area is 103 Å². The van der Waals surface area contributed by atoms with Crippen LogP contribution in [0.25, 0.3) is 0 Å². The average Bonchev–Trinajstić information content (AvgIpc) is 2.89. The SMILES string of the molecule is CC(NCCCN1CCOCC1)c1ccoc1. The first-order valence-corrected chi connectivity index (χ1v) is 6.42. The maximum atomic E-state index is 5.33. The van der Waals surface area contributed by atoms with Crippen LogP contribution in [0.15, 0.2) is 23.0 Å². The summed E-state index contributed by atoms with van der Waals surface area (Å²) in [6, 6.07) is 2.39. The van der Waals surface area contributed by atoms with Crippen LogP contribution in [-0.4, -0.2) is 44.3 Å². The summed E-state index contributed by atoms with van der Waals surface area (Å²) in [7, 11) is 0. The summed E-state index contributed by atoms with van der Waals surface area (Å²) in [6.07, 6.45) is 4.71. The van der Waals surface area contributed by atoms with Gasteiger partial charge in [-0.05, 0) is 32.5 Å². The van der Waals surface area contributed by atoms with Gasteiger partial charge in [0.05, 0.1) is 25.7 Å². The van der Waals surface area contributed by atoms with Gasteiger partial charge in [0, 0.05) is 24.7 Å². The Kier molecular flexibility index (Phi) is 5.04. The third kappa shape index (κ3) is 4.15. The quantitative estimate of drug-likeness (QED) is 0.765. The zero-order valence-electron chi connectivity index (χ0n) is 10.5. The molecule has 1 aliphatic heterocycles. The predicted octanol–water partition coefficient (Wildman–Crippen LogP) is 1.65. The number of nitrogens with zero attached hydrogens (tertiary/aromatic N) is 1. The molecule has 0 bridgehead atoms. The molecule has 0 aliphatic carbocycles. The van der Waals surface area contributed by atoms with Gasteiger partial charge in [0.15, 0.2) is 0 Å². The Morgan fingerprint density at radius 3 is 2.94 bits per heavy atom. The molecule has 1 aromatic rings. The van der Waals surface area contributed by atoms with Gasteiger partial charge >= 0.3 is 0 Å². The van der Waals surface area contributed by atoms with Crippen LogP contribution in [0.4, 0.5) is 0 Å². The lowest BCUT2D eigenvalue weighted by Crippen LogP contribution is -2.37. The molecule has 1 atom stereocenters. The van der Waals surface area contributed by atoms with Crippen molar-refractivity contribution in [2.75, 3.05) is 39.4 Å². The van der Waals surface area contributed by atoms with E-state index in [9.17, 15) is 0 Å². The van der Waals surface area contributed by atoms with E-state index in [1.54, 1.807) is 12.5 Å². The molecule has 4 nitrogen and oxygen atoms in total. The van der Waals surface area contributed by atoms with E-state index in [0.717, 1.165) is 39.4 Å². The van der Waals surface area contributed by atoms with Gasteiger partial charge in [0.1, 0.15) is 0 Å². The van der Waals surface area contributed by atoms with Gasteiger partial charge in [0.25, 0.3) is 0 Å². The van der Waals surface area contributed by atoms with Gasteiger partial charge in [-0.15, -0.1) is 0 Å². The molecule has 2 heterocycles. The van der Waals surface area contributed by atoms with Crippen molar-refractivity contribution in [3.05, 3.63) is 24.2 Å². The summed E-state index contributed by atoms with van der Waals surface area (Å²) < 4.78 is 10.4. The summed E-state index contributed by atoms with van der Waals surface area (Å²) >= 11 is 0. The summed E-state index contributed by atoms with van der Waals surface area (Å²) in [4.78, 5) is 2.47. The van der Waals surface area contributed by atoms with E-state index in [0.29, 0.717) is 6.04 Å². The summed E-state index contributed by atoms with van der Waals surface area (Å²) in [6.45, 7) is 8.31. The second-order valence-electron chi connectivity index (χ2n) is 4.54. The molecule has 1 aliphatic rings. The standard InChI is InChI=1S/C13H22N2O2/c1-12(13-3-8-17-11-13)14-4-2-5-15-6-9-16-10-7-15/h3,8,11-12,14H,2,4-7,9-10H2,1H3. The van der Waals surface area contributed by atoms with Crippen molar-refractivity contribution < 1.29 is 9.15 Å². The number of hydrogen-bond acceptors (Lipinski definition) is 4. The number of rotatable bonds is 6. The number of hydrogen-bond donors (Lipinski definition) is 1. The molecule has 0 aromatic carbocycles. The maximum Gasteiger partial charge on any atom is 0.0950 e. The minimum absolute atomic E-state index is 0.374. The third-order valence-corrected chi connectivity index (χ3v) is 3.25. The second-order valence-corrected chi connectivity index (χ2v) is 4.54. The number of ether oxygens (including phenoxy) is 1. The van der Waals surface area contributed by atoms with Crippen molar-refractivity contribution in [1.29, 1.82) is 0 Å². The first kappa shape index (κ1) is 12.6. The molecule has 1 fully saturated rings. The van der Waals surface area contributed by atoms with Crippen LogP contribution < -0.4 is 5.32 Å². The molecule has 0 amide bonds. The lowest BCUT2D eigenvalue weighted by Gasteiger charge is -2.26. The van der Waals surface area contributed by atoms with Gasteiger partial charge in [-0.25, -0.2) is 0 Å². The lowest BCUT2D eigenvalue weighted by molar-refractivity contribution is 0.0374. The van der Waals surface area contributed by atoms with Gasteiger partial charge in [-0.1, -0.05) is 0 Å². The van der Waals surface area contributed by atoms with E-state index in [2.05, 4.69) is 17.1 Å². The highest BCUT2D eigenvalue weighted by atomic mass is 16.5. The normalized spacial score (nSPS) is 19.4. The minimum Gasteiger partial charge on any atom is -0.472 e. The third-order valence-electron chi connectivity index (χ3n) is 3.25. The molecule has 2 rings (SSSR count). The van der Waals surface area contributed by atoms with Crippen LogP contribution in [0, 0.1) is 0 Å². The van der Waals surface area contributed by atoms with Crippen LogP contribution in [0.3, 0.4) is 0 Å². The molecule has 1 saturated heterocycles. The molecule has 0 spiro atoms. The van der Waals surface area contributed by atoms with Gasteiger partial charge in [-0.3, -0.25) is 4.90 Å². The van der Waals surface area contributed by atoms with Crippen LogP contribution in [0.2, 0.25) is 0 Å². The molecule has 17 heavy (non-hydrogen) atoms. The van der Waals surface area contributed by atoms with Crippen LogP contribution >= 0.6 is 0 Å². The molecule has 4 heteroatoms. The van der Waals surface area contributed by atoms with Crippen LogP contribution in [0.5, 0.6) is 0 Å². The first-order valence-electron chi connectivity index (χ1n) is 6.42. The highest BCUT2D eigenvalue weighted by molar-refractivity contribution is 5.09. The summed E-state index contributed by atoms with van der Waals surface area (Å²) in [5.41, 5.74) is 1.22. The van der Waals surface area contributed by atoms with Gasteiger partial charge in [-0.2, -0.15) is 0 Å². The van der Waals surface area contributed by atoms with Crippen molar-refractivity contribution in [2.45, 2.75) is 19.4 Å². The number of morpholine rings is 1. The Balaban J connectivity index is 1.56. The predicted molar refractivity (Wildman–Crippen MR) is 67.0 cm³/mol. The smallest absolute Gasteiger partial charge is 0.0950 e. The van der Waals surface area contributed by atoms with Crippen molar-refractivity contribution in [3.63, 3.8) is 0 Å². The van der Waals surface area contributed by atoms with Gasteiger partial charge in [0.2, 0.25) is 0 Å². The van der Waals surface area contributed by atoms with E-state index in [4.69, 9.17) is 9.15 Å². The topological polar surface area (TPSA) is 37.6 Å². The fourth-order valence-corrected chi connectivity index (χ4v) is 2.09. The van der Waals surface area contributed by atoms with Crippen molar-refractivity contribution in [3.8, 4) is 0 Å². The van der Waals surface area contributed by atoms with E-state index < -0.39 is 0 Å². The van der Waals surface area contributed by atoms with Crippen LogP contribution in [-0.2, 0) is 4.74 Å². The van der Waals surface area contributed by atoms with E-state index >= 15 is 0 Å². The fourth-order valence-electron chi connectivity index (χ4n) is 2.09. The van der Waals surface area contributed by atoms with E-state index in [-0.39, 0.29) is 0 Å². The second kappa shape index (κ2) is 6.79. The number of furan rings is 1. The first-order chi connectivity index (χ1) is 8.36. The maximum absolute atomic E-state index is 5.33. The molecule has 96 valence electrons. The molecule has 1 unspecified atom stereocenters. The number of nitrogens with one attached hydrogen (secondary N) is 1. The lowest BCUT2D eigenvalue weighted by atomic mass is 10.2. The van der Waals surface area contributed by atoms with Crippen molar-refractivity contribution in [2.24, 2.45) is 0 Å². The van der Waals surface area contributed by atoms with Crippen molar-refractivity contribution >= 4 is 0 Å². The fraction of sp³-hybridized carbons (Fsp3) is 0.692. The Morgan fingerprint density at radius 2 is 2.24 bits per heavy atom. The highest BCUT2D eigenvalue weighted by Crippen LogP contribution is 2.11. The van der Waals surface area contributed by atoms with E-state index in [1.165, 1.54) is 12.0 Å². The molecule has 1 N–H and O–H groups in total. The van der Waals surface area contributed by atoms with Crippen LogP contribution in [0.1, 0.15) is 24.9 Å². The van der Waals surface area contributed by atoms with E-state index in [1.807, 2.05) is 6.07 Å². The van der Waals surface area contributed by atoms with Gasteiger partial charge < -0.3 is 14.5 Å². The van der Waals surface area contributed by atoms with Crippen molar-refractivity contribution in [1.82, 2.24) is 10.2 Å². The summed E-state index contributed by atoms with van der Waals surface area (Å²) in [5.74, 6) is 0.